The van der Waals surface area contributed by atoms with Crippen LogP contribution < -0.4 is 10.6 Å². The van der Waals surface area contributed by atoms with Gasteiger partial charge in [0.1, 0.15) is 10.6 Å². The van der Waals surface area contributed by atoms with Crippen molar-refractivity contribution < 1.29 is 13.9 Å². The van der Waals surface area contributed by atoms with Crippen molar-refractivity contribution in [2.24, 2.45) is 0 Å². The summed E-state index contributed by atoms with van der Waals surface area (Å²) in [6, 6.07) is 18.2. The number of fused-ring (bicyclic) bond motifs is 1. The van der Waals surface area contributed by atoms with E-state index in [0.29, 0.717) is 24.6 Å². The lowest BCUT2D eigenvalue weighted by molar-refractivity contribution is 0.0162. The number of nitrogens with zero attached hydrogens (tertiary/aromatic N) is 2. The van der Waals surface area contributed by atoms with Crippen molar-refractivity contribution in [1.29, 1.82) is 0 Å². The molecule has 2 N–H and O–H groups in total. The van der Waals surface area contributed by atoms with Crippen molar-refractivity contribution in [3.63, 3.8) is 0 Å². The molecular formula is C24H23FN4O2S2. The molecule has 1 fully saturated rings. The second kappa shape index (κ2) is 9.96. The lowest BCUT2D eigenvalue weighted by atomic mass is 10.0. The molecular weight excluding hydrogens is 459 g/mol. The minimum atomic E-state index is -0.268. The molecule has 0 radical (unpaired) electrons. The van der Waals surface area contributed by atoms with Crippen LogP contribution in [0.5, 0.6) is 0 Å². The number of hydrogen-bond donors (Lipinski definition) is 2. The maximum Gasteiger partial charge on any atom is 0.261 e. The van der Waals surface area contributed by atoms with E-state index in [1.165, 1.54) is 34.8 Å². The monoisotopic (exact) mass is 482 g/mol. The van der Waals surface area contributed by atoms with Crippen LogP contribution in [0.4, 0.5) is 15.2 Å². The van der Waals surface area contributed by atoms with Gasteiger partial charge in [-0.15, -0.1) is 11.3 Å². The second-order valence-electron chi connectivity index (χ2n) is 7.72. The molecule has 1 aliphatic heterocycles. The molecule has 6 nitrogen and oxygen atoms in total. The molecule has 1 amide bonds. The lowest BCUT2D eigenvalue weighted by Gasteiger charge is -2.34. The van der Waals surface area contributed by atoms with Crippen LogP contribution in [0.1, 0.15) is 21.3 Å². The van der Waals surface area contributed by atoms with E-state index in [1.807, 2.05) is 36.4 Å². The Hall–Kier alpha value is -2.85. The molecule has 5 rings (SSSR count). The Labute approximate surface area is 199 Å². The summed E-state index contributed by atoms with van der Waals surface area (Å²) in [4.78, 5) is 21.3. The number of nitrogens with one attached hydrogen (secondary N) is 2. The summed E-state index contributed by atoms with van der Waals surface area (Å²) in [6.07, 6.45) is 0. The van der Waals surface area contributed by atoms with Crippen molar-refractivity contribution in [1.82, 2.24) is 15.2 Å². The Balaban J connectivity index is 1.27. The van der Waals surface area contributed by atoms with Gasteiger partial charge in [-0.25, -0.2) is 9.37 Å². The van der Waals surface area contributed by atoms with Gasteiger partial charge in [-0.3, -0.25) is 9.69 Å². The van der Waals surface area contributed by atoms with E-state index in [4.69, 9.17) is 4.74 Å². The number of rotatable bonds is 7. The van der Waals surface area contributed by atoms with Gasteiger partial charge < -0.3 is 15.4 Å². The van der Waals surface area contributed by atoms with E-state index in [2.05, 4.69) is 20.5 Å². The number of para-hydroxylation sites is 1. The fourth-order valence-corrected chi connectivity index (χ4v) is 5.91. The molecule has 3 heterocycles. The van der Waals surface area contributed by atoms with Crippen LogP contribution in [0.25, 0.3) is 9.53 Å². The van der Waals surface area contributed by atoms with Gasteiger partial charge in [-0.2, -0.15) is 0 Å². The number of halogens is 1. The van der Waals surface area contributed by atoms with Gasteiger partial charge in [0.05, 0.1) is 28.8 Å². The zero-order chi connectivity index (χ0) is 22.6. The van der Waals surface area contributed by atoms with E-state index >= 15 is 0 Å². The van der Waals surface area contributed by atoms with Crippen LogP contribution in [-0.2, 0) is 4.74 Å². The predicted octanol–water partition coefficient (Wildman–Crippen LogP) is 5.04. The molecule has 33 heavy (non-hydrogen) atoms. The van der Waals surface area contributed by atoms with E-state index in [9.17, 15) is 9.18 Å². The van der Waals surface area contributed by atoms with Gasteiger partial charge in [-0.05, 0) is 35.9 Å². The summed E-state index contributed by atoms with van der Waals surface area (Å²) < 4.78 is 19.9. The molecule has 4 aromatic rings. The third-order valence-corrected chi connectivity index (χ3v) is 7.61. The van der Waals surface area contributed by atoms with Gasteiger partial charge in [-0.1, -0.05) is 41.7 Å². The summed E-state index contributed by atoms with van der Waals surface area (Å²) in [6.45, 7) is 3.28. The Morgan fingerprint density at radius 1 is 1.09 bits per heavy atom. The van der Waals surface area contributed by atoms with Crippen LogP contribution in [0.15, 0.2) is 60.7 Å². The molecule has 1 atom stereocenters. The van der Waals surface area contributed by atoms with E-state index < -0.39 is 0 Å². The van der Waals surface area contributed by atoms with Gasteiger partial charge in [0, 0.05) is 25.3 Å². The SMILES string of the molecule is O=C(NCC(c1ccc(F)cc1)N1CCOCC1)c1cc2sc(Nc3ccccc3)nc2s1. The molecule has 9 heteroatoms. The van der Waals surface area contributed by atoms with Crippen molar-refractivity contribution in [3.05, 3.63) is 76.9 Å². The molecule has 1 aliphatic rings. The number of ether oxygens (including phenoxy) is 1. The molecule has 0 saturated carbocycles. The number of aromatic nitrogens is 1. The zero-order valence-electron chi connectivity index (χ0n) is 17.8. The quantitative estimate of drug-likeness (QED) is 0.386. The standard InChI is InChI=1S/C24H23FN4O2S2/c25-17-8-6-16(7-9-17)19(29-10-12-31-13-11-29)15-26-22(30)20-14-21-23(32-20)28-24(33-21)27-18-4-2-1-3-5-18/h1-9,14,19H,10-13,15H2,(H,26,30)(H,27,28). The molecule has 2 aromatic carbocycles. The predicted molar refractivity (Wildman–Crippen MR) is 131 cm³/mol. The minimum Gasteiger partial charge on any atom is -0.379 e. The highest BCUT2D eigenvalue weighted by molar-refractivity contribution is 7.29. The zero-order valence-corrected chi connectivity index (χ0v) is 19.4. The van der Waals surface area contributed by atoms with Crippen LogP contribution in [0.3, 0.4) is 0 Å². The number of carbonyl (C=O) groups excluding carboxylic acids is 1. The number of anilines is 2. The highest BCUT2D eigenvalue weighted by Crippen LogP contribution is 2.34. The minimum absolute atomic E-state index is 0.0423. The van der Waals surface area contributed by atoms with Gasteiger partial charge in [0.25, 0.3) is 5.91 Å². The van der Waals surface area contributed by atoms with E-state index in [1.54, 1.807) is 12.1 Å². The summed E-state index contributed by atoms with van der Waals surface area (Å²) in [5.41, 5.74) is 1.95. The van der Waals surface area contributed by atoms with Crippen molar-refractivity contribution >= 4 is 48.9 Å². The Bertz CT molecular complexity index is 1190. The first-order chi connectivity index (χ1) is 16.2. The topological polar surface area (TPSA) is 66.5 Å². The second-order valence-corrected chi connectivity index (χ2v) is 9.78. The highest BCUT2D eigenvalue weighted by Gasteiger charge is 2.24. The number of benzene rings is 2. The third kappa shape index (κ3) is 5.22. The summed E-state index contributed by atoms with van der Waals surface area (Å²) in [5, 5.41) is 7.17. The Morgan fingerprint density at radius 3 is 2.58 bits per heavy atom. The fraction of sp³-hybridized carbons (Fsp3) is 0.250. The average molecular weight is 483 g/mol. The molecule has 1 unspecified atom stereocenters. The molecule has 0 bridgehead atoms. The Kier molecular flexibility index (Phi) is 6.63. The van der Waals surface area contributed by atoms with Crippen molar-refractivity contribution in [2.45, 2.75) is 6.04 Å². The lowest BCUT2D eigenvalue weighted by Crippen LogP contribution is -2.43. The number of thiazole rings is 1. The molecule has 2 aromatic heterocycles. The molecule has 0 spiro atoms. The summed E-state index contributed by atoms with van der Waals surface area (Å²) >= 11 is 2.91. The van der Waals surface area contributed by atoms with Crippen LogP contribution in [0.2, 0.25) is 0 Å². The average Bonchev–Trinajstić information content (AvgIpc) is 3.40. The van der Waals surface area contributed by atoms with Gasteiger partial charge >= 0.3 is 0 Å². The fourth-order valence-electron chi connectivity index (χ4n) is 3.85. The van der Waals surface area contributed by atoms with Crippen molar-refractivity contribution in [2.75, 3.05) is 38.2 Å². The third-order valence-electron chi connectivity index (χ3n) is 5.54. The van der Waals surface area contributed by atoms with Gasteiger partial charge in [0.2, 0.25) is 0 Å². The van der Waals surface area contributed by atoms with Crippen LogP contribution in [0, 0.1) is 5.82 Å². The molecule has 0 aliphatic carbocycles. The summed E-state index contributed by atoms with van der Waals surface area (Å²) in [7, 11) is 0. The van der Waals surface area contributed by atoms with Crippen LogP contribution >= 0.6 is 22.7 Å². The molecule has 170 valence electrons. The highest BCUT2D eigenvalue weighted by atomic mass is 32.1. The van der Waals surface area contributed by atoms with E-state index in [0.717, 1.165) is 39.0 Å². The number of amides is 1. The Morgan fingerprint density at radius 2 is 1.85 bits per heavy atom. The van der Waals surface area contributed by atoms with Crippen LogP contribution in [-0.4, -0.2) is 48.6 Å². The normalized spacial score (nSPS) is 15.4. The maximum absolute atomic E-state index is 13.4. The number of morpholine rings is 1. The maximum atomic E-state index is 13.4. The largest absolute Gasteiger partial charge is 0.379 e. The number of hydrogen-bond acceptors (Lipinski definition) is 7. The van der Waals surface area contributed by atoms with E-state index in [-0.39, 0.29) is 17.8 Å². The first-order valence-corrected chi connectivity index (χ1v) is 12.4. The van der Waals surface area contributed by atoms with Crippen molar-refractivity contribution in [3.8, 4) is 0 Å². The number of thiophene rings is 1. The first-order valence-electron chi connectivity index (χ1n) is 10.7. The summed E-state index contributed by atoms with van der Waals surface area (Å²) in [5.74, 6) is -0.390. The smallest absolute Gasteiger partial charge is 0.261 e. The molecule has 1 saturated heterocycles. The first kappa shape index (κ1) is 22.0. The number of carbonyl (C=O) groups is 1. The van der Waals surface area contributed by atoms with Gasteiger partial charge in [0.15, 0.2) is 5.13 Å².